The Morgan fingerprint density at radius 3 is 2.48 bits per heavy atom. The predicted octanol–water partition coefficient (Wildman–Crippen LogP) is 5.37. The molecule has 0 aliphatic heterocycles. The molecule has 0 bridgehead atoms. The van der Waals surface area contributed by atoms with E-state index in [-0.39, 0.29) is 17.6 Å². The number of nitrogens with zero attached hydrogens (tertiary/aromatic N) is 2. The van der Waals surface area contributed by atoms with Crippen molar-refractivity contribution in [3.63, 3.8) is 0 Å². The van der Waals surface area contributed by atoms with Crippen molar-refractivity contribution in [2.24, 2.45) is 0 Å². The normalized spacial score (nSPS) is 14.4. The number of rotatable bonds is 6. The van der Waals surface area contributed by atoms with E-state index in [1.54, 1.807) is 24.3 Å². The smallest absolute Gasteiger partial charge is 0.234 e. The average molecular weight is 435 g/mol. The summed E-state index contributed by atoms with van der Waals surface area (Å²) < 4.78 is 0. The Morgan fingerprint density at radius 2 is 1.71 bits per heavy atom. The number of carbonyl (C=O) groups is 2. The van der Waals surface area contributed by atoms with Crippen LogP contribution in [-0.4, -0.2) is 27.5 Å². The Kier molecular flexibility index (Phi) is 6.82. The molecule has 2 aromatic carbocycles. The lowest BCUT2D eigenvalue weighted by Crippen LogP contribution is -2.15. The Morgan fingerprint density at radius 1 is 0.968 bits per heavy atom. The minimum atomic E-state index is -0.150. The molecule has 1 aliphatic carbocycles. The van der Waals surface area contributed by atoms with Gasteiger partial charge in [-0.1, -0.05) is 55.3 Å². The van der Waals surface area contributed by atoms with E-state index in [9.17, 15) is 9.59 Å². The molecule has 0 radical (unpaired) electrons. The van der Waals surface area contributed by atoms with Crippen molar-refractivity contribution in [2.75, 3.05) is 16.4 Å². The lowest BCUT2D eigenvalue weighted by Gasteiger charge is -2.21. The number of fused-ring (bicyclic) bond motifs is 1. The third-order valence-electron chi connectivity index (χ3n) is 5.36. The summed E-state index contributed by atoms with van der Waals surface area (Å²) in [5.41, 5.74) is 2.23. The minimum Gasteiger partial charge on any atom is -0.326 e. The van der Waals surface area contributed by atoms with Crippen molar-refractivity contribution < 1.29 is 9.59 Å². The standard InChI is InChI=1S/C24H26N4O2S/c1-16(29)25-18-10-7-11-19(14-18)26-22(30)15-31-24-20-12-5-6-13-21(20)27-23(28-24)17-8-3-2-4-9-17/h5-7,10-14,17H,2-4,8-9,15H2,1H3,(H,25,29)(H,26,30). The van der Waals surface area contributed by atoms with Crippen molar-refractivity contribution in [3.8, 4) is 0 Å². The van der Waals surface area contributed by atoms with Crippen LogP contribution in [0.4, 0.5) is 11.4 Å². The molecule has 2 amide bonds. The number of hydrogen-bond donors (Lipinski definition) is 2. The highest BCUT2D eigenvalue weighted by Gasteiger charge is 2.20. The molecule has 6 nitrogen and oxygen atoms in total. The van der Waals surface area contributed by atoms with Gasteiger partial charge in [-0.3, -0.25) is 9.59 Å². The van der Waals surface area contributed by atoms with Gasteiger partial charge in [0.2, 0.25) is 11.8 Å². The summed E-state index contributed by atoms with van der Waals surface area (Å²) in [5.74, 6) is 1.29. The summed E-state index contributed by atoms with van der Waals surface area (Å²) in [6, 6.07) is 15.1. The molecule has 0 atom stereocenters. The van der Waals surface area contributed by atoms with E-state index in [0.29, 0.717) is 17.3 Å². The monoisotopic (exact) mass is 434 g/mol. The summed E-state index contributed by atoms with van der Waals surface area (Å²) in [6.45, 7) is 1.45. The molecule has 2 N–H and O–H groups in total. The van der Waals surface area contributed by atoms with E-state index < -0.39 is 0 Å². The summed E-state index contributed by atoms with van der Waals surface area (Å²) in [6.07, 6.45) is 6.00. The zero-order chi connectivity index (χ0) is 21.6. The lowest BCUT2D eigenvalue weighted by atomic mass is 9.88. The fourth-order valence-electron chi connectivity index (χ4n) is 3.93. The van der Waals surface area contributed by atoms with Crippen LogP contribution in [0.2, 0.25) is 0 Å². The van der Waals surface area contributed by atoms with E-state index in [2.05, 4.69) is 10.6 Å². The second-order valence-corrected chi connectivity index (χ2v) is 8.80. The predicted molar refractivity (Wildman–Crippen MR) is 125 cm³/mol. The summed E-state index contributed by atoms with van der Waals surface area (Å²) in [5, 5.41) is 7.45. The maximum atomic E-state index is 12.6. The first-order chi connectivity index (χ1) is 15.1. The molecule has 7 heteroatoms. The van der Waals surface area contributed by atoms with Crippen LogP contribution >= 0.6 is 11.8 Å². The third-order valence-corrected chi connectivity index (χ3v) is 6.35. The highest BCUT2D eigenvalue weighted by atomic mass is 32.2. The van der Waals surface area contributed by atoms with Gasteiger partial charge in [-0.25, -0.2) is 9.97 Å². The molecular formula is C24H26N4O2S. The molecule has 4 rings (SSSR count). The number of amides is 2. The second-order valence-electron chi connectivity index (χ2n) is 7.84. The molecule has 31 heavy (non-hydrogen) atoms. The molecule has 3 aromatic rings. The Balaban J connectivity index is 1.48. The summed E-state index contributed by atoms with van der Waals surface area (Å²) >= 11 is 1.44. The number of para-hydroxylation sites is 1. The zero-order valence-electron chi connectivity index (χ0n) is 17.6. The maximum Gasteiger partial charge on any atom is 0.234 e. The molecular weight excluding hydrogens is 408 g/mol. The van der Waals surface area contributed by atoms with E-state index in [1.165, 1.54) is 37.9 Å². The van der Waals surface area contributed by atoms with E-state index >= 15 is 0 Å². The molecule has 160 valence electrons. The molecule has 0 unspecified atom stereocenters. The van der Waals surface area contributed by atoms with Gasteiger partial charge in [-0.2, -0.15) is 0 Å². The quantitative estimate of drug-likeness (QED) is 0.403. The van der Waals surface area contributed by atoms with Gasteiger partial charge in [0.05, 0.1) is 11.3 Å². The van der Waals surface area contributed by atoms with Crippen LogP contribution in [-0.2, 0) is 9.59 Å². The van der Waals surface area contributed by atoms with Gasteiger partial charge in [0.15, 0.2) is 0 Å². The van der Waals surface area contributed by atoms with Crippen LogP contribution in [0.15, 0.2) is 53.6 Å². The maximum absolute atomic E-state index is 12.6. The number of aromatic nitrogens is 2. The van der Waals surface area contributed by atoms with E-state index in [4.69, 9.17) is 9.97 Å². The van der Waals surface area contributed by atoms with Gasteiger partial charge in [-0.15, -0.1) is 0 Å². The Hall–Kier alpha value is -2.93. The average Bonchev–Trinajstić information content (AvgIpc) is 2.77. The van der Waals surface area contributed by atoms with Crippen LogP contribution in [0.1, 0.15) is 50.8 Å². The first-order valence-corrected chi connectivity index (χ1v) is 11.6. The lowest BCUT2D eigenvalue weighted by molar-refractivity contribution is -0.114. The fraction of sp³-hybridized carbons (Fsp3) is 0.333. The van der Waals surface area contributed by atoms with Gasteiger partial charge in [0.1, 0.15) is 10.9 Å². The first-order valence-electron chi connectivity index (χ1n) is 10.7. The molecule has 0 saturated heterocycles. The van der Waals surface area contributed by atoms with E-state index in [0.717, 1.165) is 34.6 Å². The molecule has 1 fully saturated rings. The molecule has 0 spiro atoms. The van der Waals surface area contributed by atoms with E-state index in [1.807, 2.05) is 24.3 Å². The summed E-state index contributed by atoms with van der Waals surface area (Å²) in [7, 11) is 0. The van der Waals surface area contributed by atoms with Crippen molar-refractivity contribution >= 4 is 45.9 Å². The number of anilines is 2. The van der Waals surface area contributed by atoms with Crippen LogP contribution < -0.4 is 10.6 Å². The van der Waals surface area contributed by atoms with Gasteiger partial charge >= 0.3 is 0 Å². The van der Waals surface area contributed by atoms with Crippen LogP contribution in [0.5, 0.6) is 0 Å². The highest BCUT2D eigenvalue weighted by Crippen LogP contribution is 2.34. The van der Waals surface area contributed by atoms with Crippen molar-refractivity contribution in [2.45, 2.75) is 50.0 Å². The largest absolute Gasteiger partial charge is 0.326 e. The molecule has 1 saturated carbocycles. The van der Waals surface area contributed by atoms with Gasteiger partial charge < -0.3 is 10.6 Å². The van der Waals surface area contributed by atoms with Gasteiger partial charge in [0, 0.05) is 29.6 Å². The molecule has 1 heterocycles. The number of nitrogens with one attached hydrogen (secondary N) is 2. The Labute approximate surface area is 186 Å². The summed E-state index contributed by atoms with van der Waals surface area (Å²) in [4.78, 5) is 33.5. The van der Waals surface area contributed by atoms with Crippen LogP contribution in [0.3, 0.4) is 0 Å². The third kappa shape index (κ3) is 5.61. The topological polar surface area (TPSA) is 84.0 Å². The van der Waals surface area contributed by atoms with Crippen LogP contribution in [0.25, 0.3) is 10.9 Å². The molecule has 1 aliphatic rings. The molecule has 1 aromatic heterocycles. The first kappa shape index (κ1) is 21.3. The fourth-order valence-corrected chi connectivity index (χ4v) is 4.75. The highest BCUT2D eigenvalue weighted by molar-refractivity contribution is 8.00. The number of benzene rings is 2. The minimum absolute atomic E-state index is 0.119. The number of carbonyl (C=O) groups excluding carboxylic acids is 2. The second kappa shape index (κ2) is 9.92. The van der Waals surface area contributed by atoms with Crippen molar-refractivity contribution in [3.05, 3.63) is 54.4 Å². The SMILES string of the molecule is CC(=O)Nc1cccc(NC(=O)CSc2nc(C3CCCCC3)nc3ccccc23)c1. The van der Waals surface area contributed by atoms with Crippen molar-refractivity contribution in [1.82, 2.24) is 9.97 Å². The van der Waals surface area contributed by atoms with Crippen LogP contribution in [0, 0.1) is 0 Å². The van der Waals surface area contributed by atoms with Gasteiger partial charge in [-0.05, 0) is 37.1 Å². The zero-order valence-corrected chi connectivity index (χ0v) is 18.4. The Bertz CT molecular complexity index is 1100. The number of thioether (sulfide) groups is 1. The number of hydrogen-bond acceptors (Lipinski definition) is 5. The van der Waals surface area contributed by atoms with Gasteiger partial charge in [0.25, 0.3) is 0 Å². The van der Waals surface area contributed by atoms with Crippen molar-refractivity contribution in [1.29, 1.82) is 0 Å².